The normalized spacial score (nSPS) is 27.4. The van der Waals surface area contributed by atoms with Crippen molar-refractivity contribution in [2.75, 3.05) is 12.3 Å². The topological polar surface area (TPSA) is 160 Å². The summed E-state index contributed by atoms with van der Waals surface area (Å²) in [5.41, 5.74) is 5.12. The van der Waals surface area contributed by atoms with Crippen molar-refractivity contribution in [1.82, 2.24) is 19.5 Å². The third-order valence-electron chi connectivity index (χ3n) is 3.24. The van der Waals surface area contributed by atoms with Crippen LogP contribution in [0.2, 0.25) is 0 Å². The molecule has 2 unspecified atom stereocenters. The van der Waals surface area contributed by atoms with E-state index in [9.17, 15) is 15.0 Å². The average Bonchev–Trinajstić information content (AvgIpc) is 2.93. The van der Waals surface area contributed by atoms with Crippen LogP contribution in [0.3, 0.4) is 0 Å². The molecule has 1 aliphatic heterocycles. The zero-order chi connectivity index (χ0) is 14.4. The number of nitrogen functional groups attached to an aromatic ring is 1. The van der Waals surface area contributed by atoms with Crippen molar-refractivity contribution in [3.8, 4) is 0 Å². The number of nitrogens with zero attached hydrogens (tertiary/aromatic N) is 3. The monoisotopic (exact) mass is 355 g/mol. The number of nitrogens with two attached hydrogens (primary N) is 1. The highest BCUT2D eigenvalue weighted by atomic mass is 35.5. The summed E-state index contributed by atoms with van der Waals surface area (Å²) in [4.78, 5) is 21.8. The molecule has 3 heterocycles. The molecule has 0 amide bonds. The number of anilines is 1. The number of H-pyrrole nitrogens is 1. The molecule has 0 aromatic carbocycles. The van der Waals surface area contributed by atoms with Crippen LogP contribution < -0.4 is 11.3 Å². The molecule has 1 saturated heterocycles. The van der Waals surface area contributed by atoms with E-state index < -0.39 is 36.7 Å². The number of rotatable bonds is 2. The molecule has 22 heavy (non-hydrogen) atoms. The second-order valence-electron chi connectivity index (χ2n) is 4.50. The number of hydrogen-bond acceptors (Lipinski definition) is 8. The molecular weight excluding hydrogens is 341 g/mol. The summed E-state index contributed by atoms with van der Waals surface area (Å²) in [5, 5.41) is 28.7. The molecule has 0 bridgehead atoms. The van der Waals surface area contributed by atoms with E-state index in [-0.39, 0.29) is 41.9 Å². The molecule has 0 radical (unpaired) electrons. The van der Waals surface area contributed by atoms with Crippen LogP contribution in [0.25, 0.3) is 11.2 Å². The molecule has 10 nitrogen and oxygen atoms in total. The van der Waals surface area contributed by atoms with Crippen molar-refractivity contribution in [2.45, 2.75) is 24.5 Å². The standard InChI is InChI=1S/C10H13N5O5.2ClH/c11-10-13-7-4(8(19)14-10)12-2-15(7)9-6(18)5(17)3(1-16)20-9;;/h2-3,5-6,9,16-18H,1H2,(H3,11,13,14,19);2*1H/t3-,5?,6?,9-;;/m1../s1. The molecule has 6 N–H and O–H groups in total. The highest BCUT2D eigenvalue weighted by Gasteiger charge is 2.44. The van der Waals surface area contributed by atoms with Crippen LogP contribution in [0.1, 0.15) is 6.23 Å². The Labute approximate surface area is 135 Å². The summed E-state index contributed by atoms with van der Waals surface area (Å²) in [6.07, 6.45) is -3.21. The van der Waals surface area contributed by atoms with E-state index in [0.29, 0.717) is 0 Å². The lowest BCUT2D eigenvalue weighted by molar-refractivity contribution is -0.0511. The minimum absolute atomic E-state index is 0. The molecular formula is C10H15Cl2N5O5. The largest absolute Gasteiger partial charge is 0.394 e. The van der Waals surface area contributed by atoms with Crippen molar-refractivity contribution in [2.24, 2.45) is 0 Å². The van der Waals surface area contributed by atoms with Gasteiger partial charge in [0.25, 0.3) is 5.56 Å². The van der Waals surface area contributed by atoms with Gasteiger partial charge in [0, 0.05) is 0 Å². The summed E-state index contributed by atoms with van der Waals surface area (Å²) in [5.74, 6) is -0.101. The maximum Gasteiger partial charge on any atom is 0.280 e. The van der Waals surface area contributed by atoms with E-state index in [1.54, 1.807) is 0 Å². The smallest absolute Gasteiger partial charge is 0.280 e. The van der Waals surface area contributed by atoms with Gasteiger partial charge < -0.3 is 25.8 Å². The van der Waals surface area contributed by atoms with Crippen molar-refractivity contribution in [3.63, 3.8) is 0 Å². The minimum Gasteiger partial charge on any atom is -0.394 e. The summed E-state index contributed by atoms with van der Waals surface area (Å²) in [6, 6.07) is 0. The van der Waals surface area contributed by atoms with Crippen LogP contribution in [0.4, 0.5) is 5.95 Å². The lowest BCUT2D eigenvalue weighted by Crippen LogP contribution is -2.33. The Morgan fingerprint density at radius 1 is 1.36 bits per heavy atom. The fourth-order valence-electron chi connectivity index (χ4n) is 2.24. The first-order valence-electron chi connectivity index (χ1n) is 5.87. The van der Waals surface area contributed by atoms with Crippen molar-refractivity contribution >= 4 is 41.9 Å². The number of aromatic amines is 1. The number of nitrogens with one attached hydrogen (secondary N) is 1. The van der Waals surface area contributed by atoms with E-state index in [0.717, 1.165) is 0 Å². The quantitative estimate of drug-likeness (QED) is 0.420. The third-order valence-corrected chi connectivity index (χ3v) is 3.24. The average molecular weight is 356 g/mol. The highest BCUT2D eigenvalue weighted by molar-refractivity contribution is 5.85. The van der Waals surface area contributed by atoms with Crippen LogP contribution in [-0.2, 0) is 4.74 Å². The molecule has 0 saturated carbocycles. The molecule has 2 aromatic rings. The number of fused-ring (bicyclic) bond motifs is 1. The Kier molecular flexibility index (Phi) is 5.73. The van der Waals surface area contributed by atoms with Gasteiger partial charge in [-0.2, -0.15) is 4.98 Å². The maximum atomic E-state index is 11.7. The van der Waals surface area contributed by atoms with Crippen LogP contribution in [0, 0.1) is 0 Å². The highest BCUT2D eigenvalue weighted by Crippen LogP contribution is 2.30. The summed E-state index contributed by atoms with van der Waals surface area (Å²) in [6.45, 7) is -0.447. The summed E-state index contributed by atoms with van der Waals surface area (Å²) < 4.78 is 6.64. The number of aromatic nitrogens is 4. The zero-order valence-corrected chi connectivity index (χ0v) is 12.6. The Morgan fingerprint density at radius 3 is 2.64 bits per heavy atom. The lowest BCUT2D eigenvalue weighted by Gasteiger charge is -2.16. The van der Waals surface area contributed by atoms with Crippen LogP contribution in [0.5, 0.6) is 0 Å². The van der Waals surface area contributed by atoms with E-state index in [1.165, 1.54) is 10.9 Å². The third kappa shape index (κ3) is 2.76. The Bertz CT molecular complexity index is 707. The second-order valence-corrected chi connectivity index (χ2v) is 4.50. The predicted octanol–water partition coefficient (Wildman–Crippen LogP) is -1.84. The molecule has 1 aliphatic rings. The van der Waals surface area contributed by atoms with Gasteiger partial charge in [-0.1, -0.05) is 0 Å². The van der Waals surface area contributed by atoms with E-state index in [4.69, 9.17) is 15.6 Å². The molecule has 0 aliphatic carbocycles. The Balaban J connectivity index is 0.00000121. The predicted molar refractivity (Wildman–Crippen MR) is 80.1 cm³/mol. The zero-order valence-electron chi connectivity index (χ0n) is 11.0. The van der Waals surface area contributed by atoms with Gasteiger partial charge in [0.2, 0.25) is 5.95 Å². The Hall–Kier alpha value is -1.43. The number of ether oxygens (including phenoxy) is 1. The van der Waals surface area contributed by atoms with Gasteiger partial charge in [0.15, 0.2) is 17.4 Å². The van der Waals surface area contributed by atoms with Gasteiger partial charge in [0.05, 0.1) is 12.9 Å². The molecule has 2 aromatic heterocycles. The molecule has 12 heteroatoms. The van der Waals surface area contributed by atoms with Crippen LogP contribution >= 0.6 is 24.8 Å². The van der Waals surface area contributed by atoms with Gasteiger partial charge >= 0.3 is 0 Å². The number of halogens is 2. The first kappa shape index (κ1) is 18.6. The van der Waals surface area contributed by atoms with E-state index >= 15 is 0 Å². The summed E-state index contributed by atoms with van der Waals surface area (Å²) >= 11 is 0. The molecule has 3 rings (SSSR count). The van der Waals surface area contributed by atoms with E-state index in [1.807, 2.05) is 0 Å². The first-order valence-corrected chi connectivity index (χ1v) is 5.87. The fourth-order valence-corrected chi connectivity index (χ4v) is 2.24. The van der Waals surface area contributed by atoms with Crippen LogP contribution in [-0.4, -0.2) is 59.8 Å². The van der Waals surface area contributed by atoms with E-state index in [2.05, 4.69) is 15.0 Å². The minimum atomic E-state index is -1.29. The first-order chi connectivity index (χ1) is 9.52. The molecule has 4 atom stereocenters. The van der Waals surface area contributed by atoms with Crippen LogP contribution in [0.15, 0.2) is 11.1 Å². The number of hydrogen-bond donors (Lipinski definition) is 5. The summed E-state index contributed by atoms with van der Waals surface area (Å²) in [7, 11) is 0. The number of imidazole rings is 1. The van der Waals surface area contributed by atoms with Gasteiger partial charge in [-0.15, -0.1) is 24.8 Å². The van der Waals surface area contributed by atoms with Crippen molar-refractivity contribution < 1.29 is 20.1 Å². The van der Waals surface area contributed by atoms with Gasteiger partial charge in [-0.3, -0.25) is 14.3 Å². The lowest BCUT2D eigenvalue weighted by atomic mass is 10.1. The Morgan fingerprint density at radius 2 is 2.05 bits per heavy atom. The second kappa shape index (κ2) is 6.77. The maximum absolute atomic E-state index is 11.7. The fraction of sp³-hybridized carbons (Fsp3) is 0.500. The molecule has 0 spiro atoms. The molecule has 124 valence electrons. The SMILES string of the molecule is Cl.Cl.Nc1nc2c(ncn2[C@@H]2O[C@H](CO)C(O)C2O)c(=O)[nH]1. The number of aliphatic hydroxyl groups excluding tert-OH is 3. The number of aliphatic hydroxyl groups is 3. The van der Waals surface area contributed by atoms with Gasteiger partial charge in [-0.05, 0) is 0 Å². The molecule has 1 fully saturated rings. The van der Waals surface area contributed by atoms with Gasteiger partial charge in [-0.25, -0.2) is 4.98 Å². The van der Waals surface area contributed by atoms with Crippen molar-refractivity contribution in [1.29, 1.82) is 0 Å². The van der Waals surface area contributed by atoms with Gasteiger partial charge in [0.1, 0.15) is 18.3 Å². The van der Waals surface area contributed by atoms with Crippen molar-refractivity contribution in [3.05, 3.63) is 16.7 Å².